The zero-order valence-electron chi connectivity index (χ0n) is 15.2. The summed E-state index contributed by atoms with van der Waals surface area (Å²) in [4.78, 5) is 4.61. The van der Waals surface area contributed by atoms with Crippen molar-refractivity contribution in [2.24, 2.45) is 16.1 Å². The molecule has 1 saturated carbocycles. The molecule has 2 aromatic rings. The molecule has 3 N–H and O–H groups in total. The molecule has 1 fully saturated rings. The molecule has 144 valence electrons. The number of hydrogen-bond acceptors (Lipinski definition) is 2. The Morgan fingerprint density at radius 1 is 1.19 bits per heavy atom. The number of hydrogen-bond donors (Lipinski definition) is 2. The summed E-state index contributed by atoms with van der Waals surface area (Å²) in [5, 5.41) is 3.34. The van der Waals surface area contributed by atoms with Crippen LogP contribution in [0, 0.1) is 11.2 Å². The maximum absolute atomic E-state index is 13.1. The van der Waals surface area contributed by atoms with E-state index in [-0.39, 0.29) is 41.3 Å². The van der Waals surface area contributed by atoms with E-state index < -0.39 is 0 Å². The quantitative estimate of drug-likeness (QED) is 0.383. The predicted octanol–water partition coefficient (Wildman–Crippen LogP) is 4.19. The smallest absolute Gasteiger partial charge is 0.189 e. The van der Waals surface area contributed by atoms with Crippen LogP contribution in [-0.4, -0.2) is 19.1 Å². The molecule has 1 unspecified atom stereocenters. The van der Waals surface area contributed by atoms with Gasteiger partial charge < -0.3 is 15.8 Å². The fourth-order valence-corrected chi connectivity index (χ4v) is 3.57. The zero-order valence-corrected chi connectivity index (χ0v) is 17.5. The van der Waals surface area contributed by atoms with Crippen molar-refractivity contribution < 1.29 is 9.13 Å². The van der Waals surface area contributed by atoms with E-state index in [9.17, 15) is 4.39 Å². The van der Waals surface area contributed by atoms with Crippen molar-refractivity contribution in [2.75, 3.05) is 13.2 Å². The molecule has 2 aromatic carbocycles. The number of ether oxygens (including phenoxy) is 1. The van der Waals surface area contributed by atoms with E-state index in [4.69, 9.17) is 10.5 Å². The summed E-state index contributed by atoms with van der Waals surface area (Å²) in [5.74, 6) is 1.21. The topological polar surface area (TPSA) is 59.6 Å². The van der Waals surface area contributed by atoms with Crippen LogP contribution in [0.2, 0.25) is 0 Å². The number of aliphatic imine (C=N–C) groups is 1. The molecule has 27 heavy (non-hydrogen) atoms. The third-order valence-corrected chi connectivity index (χ3v) is 5.31. The monoisotopic (exact) mass is 481 g/mol. The number of fused-ring (bicyclic) bond motifs is 1. The van der Waals surface area contributed by atoms with Crippen molar-refractivity contribution in [3.8, 4) is 5.75 Å². The molecule has 1 heterocycles. The van der Waals surface area contributed by atoms with Crippen LogP contribution in [-0.2, 0) is 6.42 Å². The van der Waals surface area contributed by atoms with Crippen LogP contribution < -0.4 is 15.8 Å². The number of para-hydroxylation sites is 1. The molecule has 1 aliphatic heterocycles. The Labute approximate surface area is 176 Å². The highest BCUT2D eigenvalue weighted by molar-refractivity contribution is 14.0. The van der Waals surface area contributed by atoms with Gasteiger partial charge in [-0.1, -0.05) is 30.3 Å². The second kappa shape index (κ2) is 8.46. The van der Waals surface area contributed by atoms with Gasteiger partial charge in [0, 0.05) is 18.5 Å². The Balaban J connectivity index is 0.00000210. The Hall–Kier alpha value is -1.83. The van der Waals surface area contributed by atoms with Crippen LogP contribution in [0.15, 0.2) is 53.5 Å². The van der Waals surface area contributed by atoms with Crippen molar-refractivity contribution in [1.82, 2.24) is 5.32 Å². The molecule has 0 bridgehead atoms. The first kappa shape index (κ1) is 19.9. The van der Waals surface area contributed by atoms with Gasteiger partial charge in [-0.05, 0) is 48.4 Å². The van der Waals surface area contributed by atoms with E-state index in [0.29, 0.717) is 19.1 Å². The first-order valence-electron chi connectivity index (χ1n) is 9.16. The molecule has 0 spiro atoms. The van der Waals surface area contributed by atoms with Crippen molar-refractivity contribution in [1.29, 1.82) is 0 Å². The maximum atomic E-state index is 13.1. The Morgan fingerprint density at radius 2 is 1.93 bits per heavy atom. The molecule has 6 heteroatoms. The molecular formula is C21H25FIN3O. The van der Waals surface area contributed by atoms with Gasteiger partial charge in [0.05, 0.1) is 12.6 Å². The van der Waals surface area contributed by atoms with Gasteiger partial charge in [0.2, 0.25) is 0 Å². The Morgan fingerprint density at radius 3 is 2.67 bits per heavy atom. The molecule has 1 aliphatic carbocycles. The fourth-order valence-electron chi connectivity index (χ4n) is 3.57. The minimum Gasteiger partial charge on any atom is -0.493 e. The summed E-state index contributed by atoms with van der Waals surface area (Å²) in [5.41, 5.74) is 8.62. The average Bonchev–Trinajstić information content (AvgIpc) is 3.42. The lowest BCUT2D eigenvalue weighted by Crippen LogP contribution is -2.37. The predicted molar refractivity (Wildman–Crippen MR) is 116 cm³/mol. The number of nitrogens with zero attached hydrogens (tertiary/aromatic N) is 1. The molecule has 0 saturated heterocycles. The summed E-state index contributed by atoms with van der Waals surface area (Å²) in [6.07, 6.45) is 4.07. The van der Waals surface area contributed by atoms with Gasteiger partial charge in [-0.3, -0.25) is 4.99 Å². The normalized spacial score (nSPS) is 20.0. The highest BCUT2D eigenvalue weighted by Crippen LogP contribution is 2.48. The van der Waals surface area contributed by atoms with Gasteiger partial charge in [0.25, 0.3) is 0 Å². The highest BCUT2D eigenvalue weighted by Gasteiger charge is 2.42. The van der Waals surface area contributed by atoms with E-state index in [0.717, 1.165) is 42.6 Å². The molecule has 0 radical (unpaired) electrons. The van der Waals surface area contributed by atoms with Gasteiger partial charge >= 0.3 is 0 Å². The molecule has 4 nitrogen and oxygen atoms in total. The molecule has 0 amide bonds. The van der Waals surface area contributed by atoms with Crippen molar-refractivity contribution in [3.63, 3.8) is 0 Å². The van der Waals surface area contributed by atoms with Crippen LogP contribution in [0.4, 0.5) is 4.39 Å². The zero-order chi connectivity index (χ0) is 18.0. The van der Waals surface area contributed by atoms with Gasteiger partial charge in [0.15, 0.2) is 5.96 Å². The third-order valence-electron chi connectivity index (χ3n) is 5.31. The number of nitrogens with two attached hydrogens (primary N) is 1. The lowest BCUT2D eigenvalue weighted by atomic mass is 9.96. The lowest BCUT2D eigenvalue weighted by molar-refractivity contribution is 0.262. The van der Waals surface area contributed by atoms with Crippen molar-refractivity contribution in [3.05, 3.63) is 65.5 Å². The highest BCUT2D eigenvalue weighted by atomic mass is 127. The summed E-state index contributed by atoms with van der Waals surface area (Å²) in [6.45, 7) is 1.38. The number of halogens is 2. The summed E-state index contributed by atoms with van der Waals surface area (Å²) in [6, 6.07) is 14.9. The number of rotatable bonds is 5. The van der Waals surface area contributed by atoms with Crippen LogP contribution in [0.25, 0.3) is 0 Å². The Kier molecular flexibility index (Phi) is 6.24. The van der Waals surface area contributed by atoms with E-state index >= 15 is 0 Å². The van der Waals surface area contributed by atoms with Gasteiger partial charge in [-0.2, -0.15) is 0 Å². The van der Waals surface area contributed by atoms with Gasteiger partial charge in [-0.15, -0.1) is 24.0 Å². The minimum absolute atomic E-state index is 0. The maximum Gasteiger partial charge on any atom is 0.189 e. The van der Waals surface area contributed by atoms with Crippen LogP contribution in [0.3, 0.4) is 0 Å². The first-order chi connectivity index (χ1) is 12.6. The fraction of sp³-hybridized carbons (Fsp3) is 0.381. The lowest BCUT2D eigenvalue weighted by Gasteiger charge is -2.27. The minimum atomic E-state index is -0.193. The second-order valence-electron chi connectivity index (χ2n) is 7.38. The number of nitrogens with one attached hydrogen (secondary N) is 1. The second-order valence-corrected chi connectivity index (χ2v) is 7.38. The van der Waals surface area contributed by atoms with E-state index in [2.05, 4.69) is 16.4 Å². The van der Waals surface area contributed by atoms with Crippen LogP contribution in [0.1, 0.15) is 36.4 Å². The van der Waals surface area contributed by atoms with Crippen LogP contribution >= 0.6 is 24.0 Å². The number of guanidine groups is 1. The summed E-state index contributed by atoms with van der Waals surface area (Å²) in [7, 11) is 0. The largest absolute Gasteiger partial charge is 0.493 e. The standard InChI is InChI=1S/C21H24FN3O.HI/c22-16-7-5-15(6-8-16)13-21(10-11-21)14-24-20(23)25-18-9-12-26-19-4-2-1-3-17(18)19;/h1-8,18H,9-14H2,(H3,23,24,25);1H. The Bertz CT molecular complexity index is 805. The van der Waals surface area contributed by atoms with Crippen molar-refractivity contribution in [2.45, 2.75) is 31.7 Å². The molecule has 2 aliphatic rings. The van der Waals surface area contributed by atoms with Crippen LogP contribution in [0.5, 0.6) is 5.75 Å². The van der Waals surface area contributed by atoms with E-state index in [1.807, 2.05) is 30.3 Å². The first-order valence-corrected chi connectivity index (χ1v) is 9.16. The summed E-state index contributed by atoms with van der Waals surface area (Å²) >= 11 is 0. The molecular weight excluding hydrogens is 456 g/mol. The number of benzene rings is 2. The van der Waals surface area contributed by atoms with Gasteiger partial charge in [-0.25, -0.2) is 4.39 Å². The average molecular weight is 481 g/mol. The van der Waals surface area contributed by atoms with Crippen molar-refractivity contribution >= 4 is 29.9 Å². The van der Waals surface area contributed by atoms with Gasteiger partial charge in [0.1, 0.15) is 11.6 Å². The molecule has 4 rings (SSSR count). The molecule has 1 atom stereocenters. The van der Waals surface area contributed by atoms with E-state index in [1.54, 1.807) is 0 Å². The third kappa shape index (κ3) is 4.91. The summed E-state index contributed by atoms with van der Waals surface area (Å²) < 4.78 is 18.7. The molecule has 0 aromatic heterocycles. The van der Waals surface area contributed by atoms with E-state index in [1.165, 1.54) is 12.1 Å². The SMILES string of the molecule is I.NC(=NCC1(Cc2ccc(F)cc2)CC1)NC1CCOc2ccccc21.